The van der Waals surface area contributed by atoms with Crippen LogP contribution in [0.4, 0.5) is 0 Å². The van der Waals surface area contributed by atoms with E-state index in [0.717, 1.165) is 13.0 Å². The van der Waals surface area contributed by atoms with E-state index in [0.29, 0.717) is 12.7 Å². The average molecular weight is 214 g/mol. The molecule has 0 unspecified atom stereocenters. The van der Waals surface area contributed by atoms with Crippen molar-refractivity contribution in [3.63, 3.8) is 0 Å². The Hall–Kier alpha value is -0.340. The van der Waals surface area contributed by atoms with Gasteiger partial charge in [0.15, 0.2) is 0 Å². The molecule has 0 fully saturated rings. The summed E-state index contributed by atoms with van der Waals surface area (Å²) < 4.78 is 11.3. The Morgan fingerprint density at radius 2 is 1.87 bits per heavy atom. The monoisotopic (exact) mass is 214 g/mol. The van der Waals surface area contributed by atoms with Gasteiger partial charge >= 0.3 is 0 Å². The fourth-order valence-electron chi connectivity index (χ4n) is 1.05. The minimum absolute atomic E-state index is 0.0964. The minimum Gasteiger partial charge on any atom is -0.379 e. The van der Waals surface area contributed by atoms with Crippen molar-refractivity contribution in [1.29, 1.82) is 0 Å². The van der Waals surface area contributed by atoms with Crippen LogP contribution in [-0.2, 0) is 9.47 Å². The normalized spacial score (nSPS) is 11.9. The number of allylic oxidation sites excluding steroid dienone is 1. The van der Waals surface area contributed by atoms with Gasteiger partial charge in [-0.1, -0.05) is 11.6 Å². The highest BCUT2D eigenvalue weighted by Crippen LogP contribution is 2.15. The third kappa shape index (κ3) is 9.95. The van der Waals surface area contributed by atoms with E-state index >= 15 is 0 Å². The van der Waals surface area contributed by atoms with Crippen LogP contribution in [0, 0.1) is 0 Å². The summed E-state index contributed by atoms with van der Waals surface area (Å²) in [5.41, 5.74) is 1.20. The minimum atomic E-state index is -0.0964. The van der Waals surface area contributed by atoms with Crippen LogP contribution in [-0.4, -0.2) is 24.9 Å². The first-order valence-electron chi connectivity index (χ1n) is 5.72. The second-order valence-electron chi connectivity index (χ2n) is 5.02. The van der Waals surface area contributed by atoms with Gasteiger partial charge in [0, 0.05) is 6.61 Å². The Labute approximate surface area is 94.7 Å². The van der Waals surface area contributed by atoms with Gasteiger partial charge < -0.3 is 9.47 Å². The van der Waals surface area contributed by atoms with Crippen molar-refractivity contribution in [2.45, 2.75) is 59.7 Å². The summed E-state index contributed by atoms with van der Waals surface area (Å²) >= 11 is 0. The van der Waals surface area contributed by atoms with Gasteiger partial charge in [-0.2, -0.15) is 0 Å². The molecule has 2 heteroatoms. The molecule has 0 aliphatic heterocycles. The predicted molar refractivity (Wildman–Crippen MR) is 65.2 cm³/mol. The van der Waals surface area contributed by atoms with Crippen LogP contribution in [0.15, 0.2) is 11.6 Å². The van der Waals surface area contributed by atoms with Crippen molar-refractivity contribution in [3.05, 3.63) is 11.6 Å². The van der Waals surface area contributed by atoms with E-state index in [9.17, 15) is 0 Å². The Morgan fingerprint density at radius 3 is 2.33 bits per heavy atom. The van der Waals surface area contributed by atoms with Gasteiger partial charge in [0.1, 0.15) is 0 Å². The Kier molecular flexibility index (Phi) is 6.86. The fraction of sp³-hybridized carbons (Fsp3) is 0.846. The Balaban J connectivity index is 3.71. The first-order valence-corrected chi connectivity index (χ1v) is 5.72. The lowest BCUT2D eigenvalue weighted by Gasteiger charge is -2.25. The lowest BCUT2D eigenvalue weighted by molar-refractivity contribution is -0.0356. The molecule has 0 N–H and O–H groups in total. The zero-order valence-corrected chi connectivity index (χ0v) is 11.1. The van der Waals surface area contributed by atoms with Crippen LogP contribution in [0.25, 0.3) is 0 Å². The van der Waals surface area contributed by atoms with E-state index < -0.39 is 0 Å². The van der Waals surface area contributed by atoms with Gasteiger partial charge in [-0.15, -0.1) is 0 Å². The van der Waals surface area contributed by atoms with Gasteiger partial charge in [-0.25, -0.2) is 0 Å². The molecule has 0 aromatic carbocycles. The molecule has 0 aromatic rings. The smallest absolute Gasteiger partial charge is 0.0657 e. The van der Waals surface area contributed by atoms with E-state index in [4.69, 9.17) is 9.47 Å². The molecule has 0 atom stereocenters. The standard InChI is InChI=1S/C13H26O2/c1-11(2)7-9-15-13(5,6)8-10-14-12(3)4/h7,12H,8-10H2,1-6H3. The molecule has 0 aromatic heterocycles. The number of ether oxygens (including phenoxy) is 2. The lowest BCUT2D eigenvalue weighted by atomic mass is 10.1. The summed E-state index contributed by atoms with van der Waals surface area (Å²) in [6.07, 6.45) is 3.34. The van der Waals surface area contributed by atoms with Crippen LogP contribution in [0.2, 0.25) is 0 Å². The number of hydrogen-bond donors (Lipinski definition) is 0. The van der Waals surface area contributed by atoms with Crippen LogP contribution in [0.5, 0.6) is 0 Å². The molecule has 0 rings (SSSR count). The maximum Gasteiger partial charge on any atom is 0.0657 e. The molecule has 0 bridgehead atoms. The zero-order chi connectivity index (χ0) is 11.9. The molecular weight excluding hydrogens is 188 g/mol. The summed E-state index contributed by atoms with van der Waals surface area (Å²) in [4.78, 5) is 0. The predicted octanol–water partition coefficient (Wildman–Crippen LogP) is 3.56. The number of hydrogen-bond acceptors (Lipinski definition) is 2. The molecule has 0 aliphatic rings. The molecular formula is C13H26O2. The van der Waals surface area contributed by atoms with Gasteiger partial charge in [0.25, 0.3) is 0 Å². The second kappa shape index (κ2) is 7.02. The summed E-state index contributed by atoms with van der Waals surface area (Å²) in [5.74, 6) is 0. The number of rotatable bonds is 7. The van der Waals surface area contributed by atoms with Crippen molar-refractivity contribution in [2.24, 2.45) is 0 Å². The highest BCUT2D eigenvalue weighted by atomic mass is 16.5. The first kappa shape index (κ1) is 14.7. The van der Waals surface area contributed by atoms with Gasteiger partial charge in [0.2, 0.25) is 0 Å². The van der Waals surface area contributed by atoms with Crippen molar-refractivity contribution in [1.82, 2.24) is 0 Å². The topological polar surface area (TPSA) is 18.5 Å². The van der Waals surface area contributed by atoms with E-state index in [2.05, 4.69) is 47.6 Å². The maximum atomic E-state index is 5.77. The van der Waals surface area contributed by atoms with Gasteiger partial charge in [-0.3, -0.25) is 0 Å². The summed E-state index contributed by atoms with van der Waals surface area (Å²) in [6, 6.07) is 0. The molecule has 0 heterocycles. The van der Waals surface area contributed by atoms with Gasteiger partial charge in [-0.05, 0) is 48.0 Å². The quantitative estimate of drug-likeness (QED) is 0.603. The van der Waals surface area contributed by atoms with Crippen LogP contribution < -0.4 is 0 Å². The van der Waals surface area contributed by atoms with Crippen molar-refractivity contribution < 1.29 is 9.47 Å². The van der Waals surface area contributed by atoms with E-state index in [-0.39, 0.29) is 5.60 Å². The molecule has 0 saturated carbocycles. The van der Waals surface area contributed by atoms with Crippen molar-refractivity contribution in [2.75, 3.05) is 13.2 Å². The Morgan fingerprint density at radius 1 is 1.27 bits per heavy atom. The zero-order valence-electron chi connectivity index (χ0n) is 11.1. The molecule has 90 valence electrons. The van der Waals surface area contributed by atoms with E-state index in [1.807, 2.05) is 0 Å². The highest BCUT2D eigenvalue weighted by Gasteiger charge is 2.17. The lowest BCUT2D eigenvalue weighted by Crippen LogP contribution is -2.27. The average Bonchev–Trinajstić information content (AvgIpc) is 2.01. The molecule has 2 nitrogen and oxygen atoms in total. The maximum absolute atomic E-state index is 5.77. The summed E-state index contributed by atoms with van der Waals surface area (Å²) in [6.45, 7) is 13.9. The first-order chi connectivity index (χ1) is 6.83. The summed E-state index contributed by atoms with van der Waals surface area (Å²) in [7, 11) is 0. The van der Waals surface area contributed by atoms with Crippen LogP contribution in [0.1, 0.15) is 48.0 Å². The SMILES string of the molecule is CC(C)=CCOC(C)(C)CCOC(C)C. The summed E-state index contributed by atoms with van der Waals surface area (Å²) in [5, 5.41) is 0. The third-order valence-corrected chi connectivity index (χ3v) is 2.12. The third-order valence-electron chi connectivity index (χ3n) is 2.12. The molecule has 0 radical (unpaired) electrons. The molecule has 0 amide bonds. The largest absolute Gasteiger partial charge is 0.379 e. The molecule has 15 heavy (non-hydrogen) atoms. The van der Waals surface area contributed by atoms with E-state index in [1.165, 1.54) is 5.57 Å². The molecule has 0 aliphatic carbocycles. The van der Waals surface area contributed by atoms with Crippen LogP contribution >= 0.6 is 0 Å². The van der Waals surface area contributed by atoms with E-state index in [1.54, 1.807) is 0 Å². The van der Waals surface area contributed by atoms with Gasteiger partial charge in [0.05, 0.1) is 18.3 Å². The second-order valence-corrected chi connectivity index (χ2v) is 5.02. The highest BCUT2D eigenvalue weighted by molar-refractivity contribution is 4.93. The van der Waals surface area contributed by atoms with Crippen LogP contribution in [0.3, 0.4) is 0 Å². The Bertz CT molecular complexity index is 189. The van der Waals surface area contributed by atoms with Crippen molar-refractivity contribution in [3.8, 4) is 0 Å². The fourth-order valence-corrected chi connectivity index (χ4v) is 1.05. The molecule has 0 spiro atoms. The van der Waals surface area contributed by atoms with Crippen molar-refractivity contribution >= 4 is 0 Å². The molecule has 0 saturated heterocycles.